The van der Waals surface area contributed by atoms with E-state index in [0.29, 0.717) is 17.1 Å². The van der Waals surface area contributed by atoms with Crippen molar-refractivity contribution in [3.05, 3.63) is 44.2 Å². The molecule has 0 radical (unpaired) electrons. The van der Waals surface area contributed by atoms with Crippen LogP contribution in [0.2, 0.25) is 5.02 Å². The van der Waals surface area contributed by atoms with E-state index in [1.54, 1.807) is 6.07 Å². The summed E-state index contributed by atoms with van der Waals surface area (Å²) < 4.78 is 42.7. The lowest BCUT2D eigenvalue weighted by molar-refractivity contribution is -0.137. The normalized spacial score (nSPS) is 13.8. The van der Waals surface area contributed by atoms with E-state index in [1.807, 2.05) is 0 Å². The Morgan fingerprint density at radius 2 is 2.00 bits per heavy atom. The molecule has 1 aliphatic carbocycles. The molecule has 27 heavy (non-hydrogen) atoms. The molecule has 2 aromatic heterocycles. The third-order valence-corrected chi connectivity index (χ3v) is 5.46. The maximum Gasteiger partial charge on any atom is 0.417 e. The summed E-state index contributed by atoms with van der Waals surface area (Å²) >= 11 is 7.07. The second-order valence-corrected chi connectivity index (χ2v) is 7.49. The van der Waals surface area contributed by atoms with Gasteiger partial charge in [0.2, 0.25) is 0 Å². The van der Waals surface area contributed by atoms with E-state index in [1.165, 1.54) is 16.2 Å². The molecule has 0 bridgehead atoms. The van der Waals surface area contributed by atoms with Crippen LogP contribution >= 0.6 is 22.9 Å². The summed E-state index contributed by atoms with van der Waals surface area (Å²) in [5.41, 5.74) is 0.113. The second kappa shape index (κ2) is 7.85. The Morgan fingerprint density at radius 3 is 2.67 bits per heavy atom. The Balaban J connectivity index is 1.56. The van der Waals surface area contributed by atoms with Gasteiger partial charge in [-0.3, -0.25) is 4.79 Å². The van der Waals surface area contributed by atoms with Gasteiger partial charge in [0, 0.05) is 11.1 Å². The van der Waals surface area contributed by atoms with Crippen LogP contribution in [0.1, 0.15) is 38.5 Å². The first-order valence-corrected chi connectivity index (χ1v) is 9.25. The Kier molecular flexibility index (Phi) is 5.71. The summed E-state index contributed by atoms with van der Waals surface area (Å²) in [7, 11) is 0. The molecule has 10 heteroatoms. The molecule has 5 nitrogen and oxygen atoms in total. The monoisotopic (exact) mass is 418 g/mol. The third-order valence-electron chi connectivity index (χ3n) is 3.96. The number of nitrogens with one attached hydrogen (secondary N) is 1. The number of pyridine rings is 1. The van der Waals surface area contributed by atoms with Gasteiger partial charge in [-0.2, -0.15) is 13.2 Å². The average Bonchev–Trinajstić information content (AvgIpc) is 3.04. The van der Waals surface area contributed by atoms with Gasteiger partial charge in [-0.25, -0.2) is 9.78 Å². The van der Waals surface area contributed by atoms with E-state index < -0.39 is 30.2 Å². The molecular weight excluding hydrogens is 405 g/mol. The first-order chi connectivity index (χ1) is 12.7. The van der Waals surface area contributed by atoms with Gasteiger partial charge < -0.3 is 10.1 Å². The van der Waals surface area contributed by atoms with Gasteiger partial charge in [0.15, 0.2) is 12.4 Å². The van der Waals surface area contributed by atoms with Crippen LogP contribution in [0, 0.1) is 0 Å². The van der Waals surface area contributed by atoms with Crippen LogP contribution < -0.4 is 5.32 Å². The number of amides is 1. The fourth-order valence-electron chi connectivity index (χ4n) is 2.65. The van der Waals surface area contributed by atoms with Crippen molar-refractivity contribution in [3.63, 3.8) is 0 Å². The fourth-order valence-corrected chi connectivity index (χ4v) is 4.01. The molecule has 0 aromatic carbocycles. The first-order valence-electron chi connectivity index (χ1n) is 8.05. The van der Waals surface area contributed by atoms with Gasteiger partial charge in [-0.05, 0) is 43.4 Å². The average molecular weight is 419 g/mol. The van der Waals surface area contributed by atoms with E-state index in [0.717, 1.165) is 31.2 Å². The number of aryl methyl sites for hydroxylation is 2. The third kappa shape index (κ3) is 4.78. The summed E-state index contributed by atoms with van der Waals surface area (Å²) in [4.78, 5) is 29.0. The molecule has 1 amide bonds. The molecule has 2 heterocycles. The second-order valence-electron chi connectivity index (χ2n) is 5.94. The van der Waals surface area contributed by atoms with Crippen LogP contribution in [-0.4, -0.2) is 23.5 Å². The van der Waals surface area contributed by atoms with Gasteiger partial charge in [0.1, 0.15) is 4.88 Å². The number of carbonyl (C=O) groups is 2. The van der Waals surface area contributed by atoms with Crippen molar-refractivity contribution in [2.75, 3.05) is 11.9 Å². The predicted molar refractivity (Wildman–Crippen MR) is 94.1 cm³/mol. The summed E-state index contributed by atoms with van der Waals surface area (Å²) in [6.45, 7) is -0.597. The van der Waals surface area contributed by atoms with Crippen LogP contribution in [0.5, 0.6) is 0 Å². The van der Waals surface area contributed by atoms with E-state index >= 15 is 0 Å². The number of rotatable bonds is 4. The highest BCUT2D eigenvalue weighted by atomic mass is 35.5. The zero-order chi connectivity index (χ0) is 19.6. The molecule has 0 saturated heterocycles. The molecule has 1 N–H and O–H groups in total. The number of nitrogens with zero attached hydrogens (tertiary/aromatic N) is 1. The number of fused-ring (bicyclic) bond motifs is 1. The molecule has 0 aliphatic heterocycles. The number of hydrogen-bond acceptors (Lipinski definition) is 5. The SMILES string of the molecule is O=C(COC(=O)c1cc2c(s1)CCCC2)Nc1ncc(C(F)(F)F)cc1Cl. The highest BCUT2D eigenvalue weighted by molar-refractivity contribution is 7.14. The zero-order valence-corrected chi connectivity index (χ0v) is 15.4. The van der Waals surface area contributed by atoms with Gasteiger partial charge in [0.05, 0.1) is 10.6 Å². The van der Waals surface area contributed by atoms with Crippen molar-refractivity contribution in [1.82, 2.24) is 4.98 Å². The molecule has 3 rings (SSSR count). The number of halogens is 4. The largest absolute Gasteiger partial charge is 0.451 e. The Hall–Kier alpha value is -2.13. The summed E-state index contributed by atoms with van der Waals surface area (Å²) in [5.74, 6) is -1.60. The summed E-state index contributed by atoms with van der Waals surface area (Å²) in [5, 5.41) is 1.86. The van der Waals surface area contributed by atoms with Crippen molar-refractivity contribution in [2.24, 2.45) is 0 Å². The number of ether oxygens (including phenoxy) is 1. The number of anilines is 1. The van der Waals surface area contributed by atoms with Gasteiger partial charge in [0.25, 0.3) is 5.91 Å². The standard InChI is InChI=1S/C17H14ClF3N2O3S/c18-11-6-10(17(19,20)21)7-22-15(11)23-14(24)8-26-16(25)13-5-9-3-1-2-4-12(9)27-13/h5-7H,1-4,8H2,(H,22,23,24). The topological polar surface area (TPSA) is 68.3 Å². The molecule has 0 atom stereocenters. The number of aromatic nitrogens is 1. The minimum atomic E-state index is -4.59. The zero-order valence-electron chi connectivity index (χ0n) is 13.9. The molecule has 2 aromatic rings. The van der Waals surface area contributed by atoms with E-state index in [2.05, 4.69) is 10.3 Å². The smallest absolute Gasteiger partial charge is 0.417 e. The fraction of sp³-hybridized carbons (Fsp3) is 0.353. The Morgan fingerprint density at radius 1 is 1.26 bits per heavy atom. The minimum Gasteiger partial charge on any atom is -0.451 e. The van der Waals surface area contributed by atoms with E-state index in [-0.39, 0.29) is 10.8 Å². The molecule has 0 saturated carbocycles. The Labute approximate surface area is 161 Å². The molecule has 0 fully saturated rings. The van der Waals surface area contributed by atoms with Crippen LogP contribution in [0.4, 0.5) is 19.0 Å². The van der Waals surface area contributed by atoms with Gasteiger partial charge in [-0.15, -0.1) is 11.3 Å². The van der Waals surface area contributed by atoms with Crippen molar-refractivity contribution in [2.45, 2.75) is 31.9 Å². The maximum atomic E-state index is 12.6. The Bertz CT molecular complexity index is 859. The lowest BCUT2D eigenvalue weighted by Crippen LogP contribution is -2.21. The van der Waals surface area contributed by atoms with Crippen LogP contribution in [0.25, 0.3) is 0 Å². The molecular formula is C17H14ClF3N2O3S. The summed E-state index contributed by atoms with van der Waals surface area (Å²) in [6.07, 6.45) is 0.00854. The van der Waals surface area contributed by atoms with Crippen LogP contribution in [0.3, 0.4) is 0 Å². The maximum absolute atomic E-state index is 12.6. The van der Waals surface area contributed by atoms with E-state index in [9.17, 15) is 22.8 Å². The minimum absolute atomic E-state index is 0.239. The van der Waals surface area contributed by atoms with Crippen molar-refractivity contribution in [1.29, 1.82) is 0 Å². The van der Waals surface area contributed by atoms with Gasteiger partial charge >= 0.3 is 12.1 Å². The van der Waals surface area contributed by atoms with Crippen molar-refractivity contribution >= 4 is 40.6 Å². The molecule has 1 aliphatic rings. The predicted octanol–water partition coefficient (Wildman–Crippen LogP) is 4.49. The van der Waals surface area contributed by atoms with Crippen LogP contribution in [-0.2, 0) is 28.5 Å². The quantitative estimate of drug-likeness (QED) is 0.743. The number of hydrogen-bond donors (Lipinski definition) is 1. The van der Waals surface area contributed by atoms with Crippen molar-refractivity contribution < 1.29 is 27.5 Å². The lowest BCUT2D eigenvalue weighted by atomic mass is 9.99. The molecule has 0 spiro atoms. The number of carbonyl (C=O) groups excluding carboxylic acids is 2. The highest BCUT2D eigenvalue weighted by Crippen LogP contribution is 2.32. The highest BCUT2D eigenvalue weighted by Gasteiger charge is 2.31. The van der Waals surface area contributed by atoms with E-state index in [4.69, 9.17) is 16.3 Å². The molecule has 144 valence electrons. The van der Waals surface area contributed by atoms with Gasteiger partial charge in [-0.1, -0.05) is 11.6 Å². The van der Waals surface area contributed by atoms with Crippen molar-refractivity contribution in [3.8, 4) is 0 Å². The first kappa shape index (κ1) is 19.6. The van der Waals surface area contributed by atoms with Crippen LogP contribution in [0.15, 0.2) is 18.3 Å². The lowest BCUT2D eigenvalue weighted by Gasteiger charge is -2.10. The number of alkyl halides is 3. The number of thiophene rings is 1. The molecule has 0 unspecified atom stereocenters. The number of esters is 1. The summed E-state index contributed by atoms with van der Waals surface area (Å²) in [6, 6.07) is 2.44.